The van der Waals surface area contributed by atoms with E-state index in [-0.39, 0.29) is 17.5 Å². The van der Waals surface area contributed by atoms with Gasteiger partial charge in [0.1, 0.15) is 18.0 Å². The van der Waals surface area contributed by atoms with Crippen molar-refractivity contribution >= 4 is 11.4 Å². The molecule has 0 radical (unpaired) electrons. The van der Waals surface area contributed by atoms with E-state index in [0.717, 1.165) is 39.1 Å². The first-order chi connectivity index (χ1) is 16.9. The summed E-state index contributed by atoms with van der Waals surface area (Å²) in [4.78, 5) is 0. The Bertz CT molecular complexity index is 1310. The highest BCUT2D eigenvalue weighted by atomic mass is 19.1. The first-order valence-corrected chi connectivity index (χ1v) is 12.7. The summed E-state index contributed by atoms with van der Waals surface area (Å²) in [7, 11) is 1.95. The largest absolute Gasteiger partial charge is 0.489 e. The lowest BCUT2D eigenvalue weighted by molar-refractivity contribution is -0.0529. The van der Waals surface area contributed by atoms with Gasteiger partial charge in [0.15, 0.2) is 5.82 Å². The number of benzene rings is 3. The van der Waals surface area contributed by atoms with E-state index in [1.165, 1.54) is 11.1 Å². The maximum atomic E-state index is 16.2. The molecule has 1 atom stereocenters. The number of hydrogen-bond donors (Lipinski definition) is 2. The van der Waals surface area contributed by atoms with Crippen LogP contribution >= 0.6 is 0 Å². The van der Waals surface area contributed by atoms with Gasteiger partial charge in [-0.05, 0) is 106 Å². The van der Waals surface area contributed by atoms with E-state index in [0.29, 0.717) is 30.2 Å². The zero-order valence-corrected chi connectivity index (χ0v) is 23.1. The van der Waals surface area contributed by atoms with Crippen LogP contribution in [0.2, 0.25) is 0 Å². The van der Waals surface area contributed by atoms with Gasteiger partial charge in [0.25, 0.3) is 0 Å². The maximum absolute atomic E-state index is 16.2. The molecule has 0 saturated heterocycles. The fraction of sp³-hybridized carbons (Fsp3) is 0.419. The van der Waals surface area contributed by atoms with Crippen molar-refractivity contribution in [2.24, 2.45) is 0 Å². The highest BCUT2D eigenvalue weighted by Crippen LogP contribution is 2.48. The van der Waals surface area contributed by atoms with Gasteiger partial charge in [0.05, 0.1) is 11.7 Å². The first kappa shape index (κ1) is 26.0. The van der Waals surface area contributed by atoms with Crippen LogP contribution in [-0.2, 0) is 4.74 Å². The van der Waals surface area contributed by atoms with Gasteiger partial charge in [-0.1, -0.05) is 18.2 Å². The molecule has 4 nitrogen and oxygen atoms in total. The zero-order chi connectivity index (χ0) is 26.4. The average Bonchev–Trinajstić information content (AvgIpc) is 2.81. The van der Waals surface area contributed by atoms with Gasteiger partial charge in [-0.2, -0.15) is 0 Å². The molecule has 5 heteroatoms. The van der Waals surface area contributed by atoms with Crippen molar-refractivity contribution in [1.29, 1.82) is 0 Å². The van der Waals surface area contributed by atoms with E-state index in [1.807, 2.05) is 19.2 Å². The predicted molar refractivity (Wildman–Crippen MR) is 149 cm³/mol. The van der Waals surface area contributed by atoms with Crippen LogP contribution in [0.3, 0.4) is 0 Å². The maximum Gasteiger partial charge on any atom is 0.157 e. The summed E-state index contributed by atoms with van der Waals surface area (Å²) in [6, 6.07) is 10.2. The van der Waals surface area contributed by atoms with Crippen molar-refractivity contribution in [2.75, 3.05) is 30.8 Å². The van der Waals surface area contributed by atoms with Crippen molar-refractivity contribution in [3.05, 3.63) is 64.0 Å². The third-order valence-electron chi connectivity index (χ3n) is 7.07. The van der Waals surface area contributed by atoms with E-state index in [1.54, 1.807) is 0 Å². The molecule has 3 aromatic rings. The molecule has 1 aliphatic rings. The lowest BCUT2D eigenvalue weighted by Crippen LogP contribution is -2.23. The molecule has 1 heterocycles. The molecular formula is C31H39FN2O2. The average molecular weight is 491 g/mol. The SMILES string of the molecule is CNc1c(C)c(C(C)OC(C)(C)C)c(-c2ccc3c(c2F)NCCO3)c(C)c1-c1ccc(C)c(C)c1. The van der Waals surface area contributed by atoms with E-state index in [4.69, 9.17) is 9.47 Å². The van der Waals surface area contributed by atoms with Crippen LogP contribution in [-0.4, -0.2) is 25.8 Å². The van der Waals surface area contributed by atoms with Gasteiger partial charge >= 0.3 is 0 Å². The molecule has 36 heavy (non-hydrogen) atoms. The van der Waals surface area contributed by atoms with Crippen LogP contribution in [0.25, 0.3) is 22.3 Å². The van der Waals surface area contributed by atoms with Crippen LogP contribution < -0.4 is 15.4 Å². The molecule has 192 valence electrons. The van der Waals surface area contributed by atoms with Gasteiger partial charge in [-0.15, -0.1) is 0 Å². The Morgan fingerprint density at radius 1 is 1.00 bits per heavy atom. The summed E-state index contributed by atoms with van der Waals surface area (Å²) in [6.45, 7) is 17.8. The molecule has 0 aliphatic carbocycles. The van der Waals surface area contributed by atoms with E-state index < -0.39 is 0 Å². The molecule has 0 bridgehead atoms. The third-order valence-corrected chi connectivity index (χ3v) is 7.07. The van der Waals surface area contributed by atoms with Crippen LogP contribution in [0, 0.1) is 33.5 Å². The van der Waals surface area contributed by atoms with Gasteiger partial charge < -0.3 is 20.1 Å². The molecule has 2 N–H and O–H groups in total. The fourth-order valence-corrected chi connectivity index (χ4v) is 5.41. The summed E-state index contributed by atoms with van der Waals surface area (Å²) in [5.74, 6) is 0.265. The Hall–Kier alpha value is -3.05. The van der Waals surface area contributed by atoms with Gasteiger partial charge in [-0.3, -0.25) is 0 Å². The monoisotopic (exact) mass is 490 g/mol. The lowest BCUT2D eigenvalue weighted by atomic mass is 9.82. The minimum atomic E-state index is -0.354. The Kier molecular flexibility index (Phi) is 7.07. The molecule has 0 fully saturated rings. The molecule has 1 unspecified atom stereocenters. The summed E-state index contributed by atoms with van der Waals surface area (Å²) in [5.41, 5.74) is 10.3. The molecule has 0 aromatic heterocycles. The quantitative estimate of drug-likeness (QED) is 0.379. The molecule has 3 aromatic carbocycles. The van der Waals surface area contributed by atoms with Gasteiger partial charge in [0, 0.05) is 30.4 Å². The second-order valence-electron chi connectivity index (χ2n) is 10.8. The Balaban J connectivity index is 2.09. The Labute approximate surface area is 215 Å². The molecule has 4 rings (SSSR count). The summed E-state index contributed by atoms with van der Waals surface area (Å²) in [5, 5.41) is 6.66. The molecular weight excluding hydrogens is 451 g/mol. The standard InChI is InChI=1S/C31H39FN2O2/c1-17-10-11-22(16-18(17)2)26-19(3)27(23-12-13-24-30(28(23)32)34-14-15-35-24)25(20(4)29(26)33-9)21(5)36-31(6,7)8/h10-13,16,21,33-34H,14-15H2,1-9H3. The van der Waals surface area contributed by atoms with Crippen LogP contribution in [0.1, 0.15) is 61.6 Å². The molecule has 0 spiro atoms. The van der Waals surface area contributed by atoms with E-state index >= 15 is 4.39 Å². The van der Waals surface area contributed by atoms with Crippen molar-refractivity contribution in [3.8, 4) is 28.0 Å². The third kappa shape index (κ3) is 4.69. The number of hydrogen-bond acceptors (Lipinski definition) is 4. The van der Waals surface area contributed by atoms with Crippen LogP contribution in [0.15, 0.2) is 30.3 Å². The minimum absolute atomic E-state index is 0.251. The molecule has 0 saturated carbocycles. The number of rotatable bonds is 5. The number of fused-ring (bicyclic) bond motifs is 1. The van der Waals surface area contributed by atoms with Crippen LogP contribution in [0.4, 0.5) is 15.8 Å². The lowest BCUT2D eigenvalue weighted by Gasteiger charge is -2.32. The van der Waals surface area contributed by atoms with Crippen LogP contribution in [0.5, 0.6) is 5.75 Å². The summed E-state index contributed by atoms with van der Waals surface area (Å²) < 4.78 is 28.3. The number of anilines is 2. The van der Waals surface area contributed by atoms with Crippen molar-refractivity contribution < 1.29 is 13.9 Å². The normalized spacial score (nSPS) is 14.1. The summed E-state index contributed by atoms with van der Waals surface area (Å²) >= 11 is 0. The highest BCUT2D eigenvalue weighted by Gasteiger charge is 2.30. The Morgan fingerprint density at radius 3 is 2.36 bits per heavy atom. The van der Waals surface area contributed by atoms with Crippen molar-refractivity contribution in [1.82, 2.24) is 0 Å². The van der Waals surface area contributed by atoms with Crippen molar-refractivity contribution in [2.45, 2.75) is 67.1 Å². The number of aryl methyl sites for hydroxylation is 2. The minimum Gasteiger partial charge on any atom is -0.489 e. The first-order valence-electron chi connectivity index (χ1n) is 12.7. The summed E-state index contributed by atoms with van der Waals surface area (Å²) in [6.07, 6.45) is -0.251. The number of ether oxygens (including phenoxy) is 2. The predicted octanol–water partition coefficient (Wildman–Crippen LogP) is 8.12. The zero-order valence-electron chi connectivity index (χ0n) is 23.1. The number of nitrogens with one attached hydrogen (secondary N) is 2. The molecule has 1 aliphatic heterocycles. The van der Waals surface area contributed by atoms with E-state index in [9.17, 15) is 0 Å². The Morgan fingerprint density at radius 2 is 1.72 bits per heavy atom. The highest BCUT2D eigenvalue weighted by molar-refractivity contribution is 5.92. The smallest absolute Gasteiger partial charge is 0.157 e. The second kappa shape index (κ2) is 9.78. The fourth-order valence-electron chi connectivity index (χ4n) is 5.41. The van der Waals surface area contributed by atoms with Gasteiger partial charge in [-0.25, -0.2) is 4.39 Å². The second-order valence-corrected chi connectivity index (χ2v) is 10.8. The van der Waals surface area contributed by atoms with Crippen molar-refractivity contribution in [3.63, 3.8) is 0 Å². The molecule has 0 amide bonds. The van der Waals surface area contributed by atoms with E-state index in [2.05, 4.69) is 84.2 Å². The number of halogens is 1. The van der Waals surface area contributed by atoms with Gasteiger partial charge in [0.2, 0.25) is 0 Å². The topological polar surface area (TPSA) is 42.5 Å².